The fraction of sp³-hybridized carbons (Fsp3) is 1.00. The number of hydrogen-bond donors (Lipinski definition) is 1. The highest BCUT2D eigenvalue weighted by Crippen LogP contribution is 2.28. The summed E-state index contributed by atoms with van der Waals surface area (Å²) in [6.45, 7) is 14.9. The average molecular weight is 269 g/mol. The van der Waals surface area contributed by atoms with Gasteiger partial charge in [0.05, 0.1) is 0 Å². The van der Waals surface area contributed by atoms with Gasteiger partial charge in [-0.1, -0.05) is 34.1 Å². The summed E-state index contributed by atoms with van der Waals surface area (Å²) in [5.74, 6) is 1.53. The molecule has 1 rings (SSSR count). The van der Waals surface area contributed by atoms with Crippen molar-refractivity contribution in [2.75, 3.05) is 39.8 Å². The summed E-state index contributed by atoms with van der Waals surface area (Å²) in [6.07, 6.45) is 3.71. The molecule has 1 heterocycles. The van der Waals surface area contributed by atoms with Crippen LogP contribution in [0.5, 0.6) is 0 Å². The summed E-state index contributed by atoms with van der Waals surface area (Å²) in [4.78, 5) is 5.16. The second-order valence-corrected chi connectivity index (χ2v) is 7.02. The lowest BCUT2D eigenvalue weighted by molar-refractivity contribution is 0.0329. The first-order valence-electron chi connectivity index (χ1n) is 8.07. The number of nitrogens with zero attached hydrogens (tertiary/aromatic N) is 2. The van der Waals surface area contributed by atoms with E-state index in [4.69, 9.17) is 5.73 Å². The predicted octanol–water partition coefficient (Wildman–Crippen LogP) is 2.41. The highest BCUT2D eigenvalue weighted by Gasteiger charge is 2.37. The zero-order valence-corrected chi connectivity index (χ0v) is 13.8. The van der Waals surface area contributed by atoms with Gasteiger partial charge in [-0.2, -0.15) is 0 Å². The summed E-state index contributed by atoms with van der Waals surface area (Å²) in [5, 5.41) is 0. The Morgan fingerprint density at radius 2 is 1.79 bits per heavy atom. The van der Waals surface area contributed by atoms with Crippen molar-refractivity contribution in [2.45, 2.75) is 52.5 Å². The van der Waals surface area contributed by atoms with Crippen molar-refractivity contribution in [1.29, 1.82) is 0 Å². The first kappa shape index (κ1) is 16.9. The first-order valence-corrected chi connectivity index (χ1v) is 8.07. The zero-order chi connectivity index (χ0) is 14.5. The zero-order valence-electron chi connectivity index (χ0n) is 13.8. The van der Waals surface area contributed by atoms with Gasteiger partial charge in [0, 0.05) is 25.2 Å². The van der Waals surface area contributed by atoms with Crippen molar-refractivity contribution >= 4 is 0 Å². The maximum absolute atomic E-state index is 6.14. The molecule has 3 heteroatoms. The smallest absolute Gasteiger partial charge is 0.0353 e. The van der Waals surface area contributed by atoms with Crippen molar-refractivity contribution in [3.63, 3.8) is 0 Å². The number of piperidine rings is 1. The summed E-state index contributed by atoms with van der Waals surface area (Å²) in [5.41, 5.74) is 6.39. The van der Waals surface area contributed by atoms with Gasteiger partial charge in [0.25, 0.3) is 0 Å². The van der Waals surface area contributed by atoms with Crippen LogP contribution in [0.25, 0.3) is 0 Å². The minimum absolute atomic E-state index is 0.247. The molecule has 0 amide bonds. The minimum Gasteiger partial charge on any atom is -0.329 e. The van der Waals surface area contributed by atoms with E-state index in [2.05, 4.69) is 44.5 Å². The van der Waals surface area contributed by atoms with E-state index >= 15 is 0 Å². The molecule has 0 aliphatic carbocycles. The Balaban J connectivity index is 2.54. The van der Waals surface area contributed by atoms with Crippen molar-refractivity contribution < 1.29 is 0 Å². The van der Waals surface area contributed by atoms with E-state index in [1.807, 2.05) is 0 Å². The molecule has 19 heavy (non-hydrogen) atoms. The van der Waals surface area contributed by atoms with Gasteiger partial charge in [0.15, 0.2) is 0 Å². The van der Waals surface area contributed by atoms with E-state index < -0.39 is 0 Å². The molecule has 0 bridgehead atoms. The summed E-state index contributed by atoms with van der Waals surface area (Å²) < 4.78 is 0. The highest BCUT2D eigenvalue weighted by molar-refractivity contribution is 4.95. The van der Waals surface area contributed by atoms with E-state index in [1.165, 1.54) is 45.4 Å². The number of likely N-dealkylation sites (N-methyl/N-ethyl adjacent to an activating group) is 1. The van der Waals surface area contributed by atoms with Gasteiger partial charge in [-0.25, -0.2) is 0 Å². The third-order valence-corrected chi connectivity index (χ3v) is 4.88. The Hall–Kier alpha value is -0.120. The molecule has 1 atom stereocenters. The van der Waals surface area contributed by atoms with Gasteiger partial charge in [0.1, 0.15) is 0 Å². The molecular weight excluding hydrogens is 234 g/mol. The fourth-order valence-corrected chi connectivity index (χ4v) is 3.20. The van der Waals surface area contributed by atoms with E-state index in [1.54, 1.807) is 0 Å². The Kier molecular flexibility index (Phi) is 6.78. The first-order chi connectivity index (χ1) is 8.93. The predicted molar refractivity (Wildman–Crippen MR) is 84.4 cm³/mol. The Bertz CT molecular complexity index is 244. The van der Waals surface area contributed by atoms with Crippen molar-refractivity contribution in [2.24, 2.45) is 17.6 Å². The van der Waals surface area contributed by atoms with Crippen molar-refractivity contribution in [1.82, 2.24) is 9.80 Å². The van der Waals surface area contributed by atoms with Gasteiger partial charge in [-0.05, 0) is 44.8 Å². The number of nitrogens with two attached hydrogens (primary N) is 1. The molecule has 1 unspecified atom stereocenters. The SMILES string of the molecule is CCC(C)CN(C)C1(CN)CCN(CC(C)C)CC1. The Labute approximate surface area is 120 Å². The molecule has 1 saturated heterocycles. The topological polar surface area (TPSA) is 32.5 Å². The van der Waals surface area contributed by atoms with E-state index in [0.717, 1.165) is 18.4 Å². The second kappa shape index (κ2) is 7.61. The lowest BCUT2D eigenvalue weighted by Crippen LogP contribution is -2.59. The van der Waals surface area contributed by atoms with Crippen LogP contribution >= 0.6 is 0 Å². The minimum atomic E-state index is 0.247. The second-order valence-electron chi connectivity index (χ2n) is 7.02. The Morgan fingerprint density at radius 3 is 2.21 bits per heavy atom. The van der Waals surface area contributed by atoms with Gasteiger partial charge >= 0.3 is 0 Å². The third-order valence-electron chi connectivity index (χ3n) is 4.88. The van der Waals surface area contributed by atoms with Gasteiger partial charge in [-0.3, -0.25) is 4.90 Å². The van der Waals surface area contributed by atoms with Crippen LogP contribution in [0.15, 0.2) is 0 Å². The summed E-state index contributed by atoms with van der Waals surface area (Å²) in [7, 11) is 2.27. The average Bonchev–Trinajstić information content (AvgIpc) is 2.39. The van der Waals surface area contributed by atoms with Crippen LogP contribution in [-0.2, 0) is 0 Å². The summed E-state index contributed by atoms with van der Waals surface area (Å²) in [6, 6.07) is 0. The number of likely N-dealkylation sites (tertiary alicyclic amines) is 1. The lowest BCUT2D eigenvalue weighted by atomic mass is 9.85. The molecule has 0 spiro atoms. The molecule has 0 saturated carbocycles. The molecular formula is C16H35N3. The van der Waals surface area contributed by atoms with Crippen LogP contribution in [0, 0.1) is 11.8 Å². The normalized spacial score (nSPS) is 22.1. The van der Waals surface area contributed by atoms with Crippen LogP contribution < -0.4 is 5.73 Å². The molecule has 0 radical (unpaired) electrons. The molecule has 0 aromatic rings. The van der Waals surface area contributed by atoms with Crippen LogP contribution in [-0.4, -0.2) is 55.1 Å². The molecule has 3 nitrogen and oxygen atoms in total. The van der Waals surface area contributed by atoms with E-state index in [9.17, 15) is 0 Å². The fourth-order valence-electron chi connectivity index (χ4n) is 3.20. The number of hydrogen-bond acceptors (Lipinski definition) is 3. The monoisotopic (exact) mass is 269 g/mol. The quantitative estimate of drug-likeness (QED) is 0.770. The maximum atomic E-state index is 6.14. The molecule has 2 N–H and O–H groups in total. The van der Waals surface area contributed by atoms with E-state index in [0.29, 0.717) is 0 Å². The lowest BCUT2D eigenvalue weighted by Gasteiger charge is -2.48. The van der Waals surface area contributed by atoms with Crippen molar-refractivity contribution in [3.8, 4) is 0 Å². The van der Waals surface area contributed by atoms with Crippen LogP contribution in [0.2, 0.25) is 0 Å². The molecule has 1 fully saturated rings. The largest absolute Gasteiger partial charge is 0.329 e. The Morgan fingerprint density at radius 1 is 1.21 bits per heavy atom. The maximum Gasteiger partial charge on any atom is 0.0353 e. The molecule has 0 aromatic carbocycles. The van der Waals surface area contributed by atoms with E-state index in [-0.39, 0.29) is 5.54 Å². The number of rotatable bonds is 7. The molecule has 0 aromatic heterocycles. The van der Waals surface area contributed by atoms with Crippen LogP contribution in [0.4, 0.5) is 0 Å². The van der Waals surface area contributed by atoms with Crippen LogP contribution in [0.3, 0.4) is 0 Å². The highest BCUT2D eigenvalue weighted by atomic mass is 15.2. The van der Waals surface area contributed by atoms with Crippen molar-refractivity contribution in [3.05, 3.63) is 0 Å². The molecule has 1 aliphatic heterocycles. The third kappa shape index (κ3) is 4.73. The van der Waals surface area contributed by atoms with Crippen LogP contribution in [0.1, 0.15) is 47.0 Å². The molecule has 114 valence electrons. The van der Waals surface area contributed by atoms with Gasteiger partial charge in [-0.15, -0.1) is 0 Å². The summed E-state index contributed by atoms with van der Waals surface area (Å²) >= 11 is 0. The van der Waals surface area contributed by atoms with Gasteiger partial charge in [0.2, 0.25) is 0 Å². The standard InChI is InChI=1S/C16H35N3/c1-6-15(4)12-18(5)16(13-17)7-9-19(10-8-16)11-14(2)3/h14-15H,6-13,17H2,1-5H3. The molecule has 1 aliphatic rings. The van der Waals surface area contributed by atoms with Gasteiger partial charge < -0.3 is 10.6 Å².